The number of carbonyl (C=O) groups excluding carboxylic acids is 2. The molecule has 4 N–H and O–H groups in total. The molecule has 8 heteroatoms. The highest BCUT2D eigenvalue weighted by molar-refractivity contribution is 5.99. The fourth-order valence-corrected chi connectivity index (χ4v) is 3.30. The van der Waals surface area contributed by atoms with Gasteiger partial charge in [-0.2, -0.15) is 5.10 Å². The number of nitrogens with zero attached hydrogens (tertiary/aromatic N) is 2. The molecule has 0 bridgehead atoms. The number of nitrogens with one attached hydrogen (secondary N) is 2. The van der Waals surface area contributed by atoms with E-state index in [4.69, 9.17) is 5.73 Å². The number of fused-ring (bicyclic) bond motifs is 1. The average molecular weight is 391 g/mol. The average Bonchev–Trinajstić information content (AvgIpc) is 3.10. The second-order valence-electron chi connectivity index (χ2n) is 6.61. The molecule has 0 saturated heterocycles. The molecule has 2 amide bonds. The molecule has 2 heterocycles. The van der Waals surface area contributed by atoms with E-state index in [0.29, 0.717) is 41.0 Å². The van der Waals surface area contributed by atoms with Crippen LogP contribution >= 0.6 is 0 Å². The van der Waals surface area contributed by atoms with Crippen molar-refractivity contribution >= 4 is 23.3 Å². The number of nitrogens with two attached hydrogens (primary N) is 1. The van der Waals surface area contributed by atoms with Crippen LogP contribution in [0.25, 0.3) is 16.8 Å². The zero-order valence-electron chi connectivity index (χ0n) is 15.4. The molecule has 0 atom stereocenters. The van der Waals surface area contributed by atoms with Crippen LogP contribution in [0.5, 0.6) is 0 Å². The molecular weight excluding hydrogens is 373 g/mol. The van der Waals surface area contributed by atoms with Gasteiger partial charge in [0.25, 0.3) is 5.91 Å². The first-order valence-electron chi connectivity index (χ1n) is 8.96. The number of amides is 2. The Labute approximate surface area is 166 Å². The van der Waals surface area contributed by atoms with Gasteiger partial charge in [-0.15, -0.1) is 0 Å². The smallest absolute Gasteiger partial charge is 0.251 e. The van der Waals surface area contributed by atoms with Crippen molar-refractivity contribution in [2.24, 2.45) is 0 Å². The van der Waals surface area contributed by atoms with Crippen molar-refractivity contribution in [1.29, 1.82) is 0 Å². The predicted molar refractivity (Wildman–Crippen MR) is 108 cm³/mol. The third-order valence-corrected chi connectivity index (χ3v) is 4.71. The molecule has 1 aliphatic heterocycles. The Bertz CT molecular complexity index is 1150. The van der Waals surface area contributed by atoms with Gasteiger partial charge in [0.05, 0.1) is 5.69 Å². The van der Waals surface area contributed by atoms with E-state index < -0.39 is 5.82 Å². The van der Waals surface area contributed by atoms with Crippen LogP contribution in [0.2, 0.25) is 0 Å². The molecule has 3 aromatic rings. The van der Waals surface area contributed by atoms with Crippen LogP contribution in [-0.2, 0) is 11.2 Å². The summed E-state index contributed by atoms with van der Waals surface area (Å²) in [6.45, 7) is 3.93. The van der Waals surface area contributed by atoms with Crippen molar-refractivity contribution in [2.45, 2.75) is 6.42 Å². The van der Waals surface area contributed by atoms with Gasteiger partial charge in [0.2, 0.25) is 5.91 Å². The highest BCUT2D eigenvalue weighted by Gasteiger charge is 2.22. The molecule has 2 aromatic carbocycles. The molecule has 0 unspecified atom stereocenters. The molecule has 0 saturated carbocycles. The summed E-state index contributed by atoms with van der Waals surface area (Å²) < 4.78 is 16.3. The first-order valence-corrected chi connectivity index (χ1v) is 8.96. The van der Waals surface area contributed by atoms with Crippen molar-refractivity contribution in [3.8, 4) is 16.8 Å². The molecule has 1 aliphatic rings. The maximum Gasteiger partial charge on any atom is 0.251 e. The standard InChI is InChI=1S/C21H18FN5O2/c1-2-19(28)25-13-4-3-5-14(9-13)27-11-17(20(23)26-27)16-8-12-6-7-24-21(29)15(12)10-18(16)22/h2-5,8-11H,1,6-7H2,(H2,23,26)(H,24,29)(H,25,28). The van der Waals surface area contributed by atoms with Crippen LogP contribution in [0.4, 0.5) is 15.9 Å². The Morgan fingerprint density at radius 1 is 1.28 bits per heavy atom. The van der Waals surface area contributed by atoms with Crippen LogP contribution in [0, 0.1) is 5.82 Å². The van der Waals surface area contributed by atoms with Gasteiger partial charge in [-0.3, -0.25) is 9.59 Å². The second-order valence-corrected chi connectivity index (χ2v) is 6.61. The van der Waals surface area contributed by atoms with Crippen molar-refractivity contribution < 1.29 is 14.0 Å². The lowest BCUT2D eigenvalue weighted by atomic mass is 9.95. The van der Waals surface area contributed by atoms with Gasteiger partial charge in [0, 0.05) is 35.1 Å². The molecule has 1 aromatic heterocycles. The number of rotatable bonds is 4. The first kappa shape index (κ1) is 18.4. The fraction of sp³-hybridized carbons (Fsp3) is 0.0952. The third-order valence-electron chi connectivity index (χ3n) is 4.71. The summed E-state index contributed by atoms with van der Waals surface area (Å²) in [5.74, 6) is -0.995. The van der Waals surface area contributed by atoms with Gasteiger partial charge >= 0.3 is 0 Å². The topological polar surface area (TPSA) is 102 Å². The normalized spacial score (nSPS) is 12.8. The van der Waals surface area contributed by atoms with Crippen LogP contribution in [-0.4, -0.2) is 28.1 Å². The number of aromatic nitrogens is 2. The molecule has 29 heavy (non-hydrogen) atoms. The Kier molecular flexibility index (Phi) is 4.59. The first-order chi connectivity index (χ1) is 14.0. The summed E-state index contributed by atoms with van der Waals surface area (Å²) in [6.07, 6.45) is 3.42. The van der Waals surface area contributed by atoms with E-state index in [1.54, 1.807) is 36.5 Å². The van der Waals surface area contributed by atoms with E-state index in [1.807, 2.05) is 0 Å². The molecule has 0 fully saturated rings. The lowest BCUT2D eigenvalue weighted by Crippen LogP contribution is -2.31. The number of carbonyl (C=O) groups is 2. The van der Waals surface area contributed by atoms with E-state index >= 15 is 0 Å². The van der Waals surface area contributed by atoms with Crippen LogP contribution in [0.1, 0.15) is 15.9 Å². The van der Waals surface area contributed by atoms with E-state index in [0.717, 1.165) is 5.56 Å². The van der Waals surface area contributed by atoms with Crippen molar-refractivity contribution in [3.05, 3.63) is 72.2 Å². The van der Waals surface area contributed by atoms with Crippen molar-refractivity contribution in [2.75, 3.05) is 17.6 Å². The highest BCUT2D eigenvalue weighted by atomic mass is 19.1. The summed E-state index contributed by atoms with van der Waals surface area (Å²) in [5, 5.41) is 9.66. The van der Waals surface area contributed by atoms with Gasteiger partial charge in [0.15, 0.2) is 5.82 Å². The largest absolute Gasteiger partial charge is 0.382 e. The lowest BCUT2D eigenvalue weighted by molar-refractivity contribution is -0.111. The summed E-state index contributed by atoms with van der Waals surface area (Å²) >= 11 is 0. The van der Waals surface area contributed by atoms with E-state index in [-0.39, 0.29) is 17.6 Å². The number of nitrogen functional groups attached to an aromatic ring is 1. The number of benzene rings is 2. The Balaban J connectivity index is 1.73. The molecular formula is C21H18FN5O2. The number of hydrogen-bond acceptors (Lipinski definition) is 4. The minimum atomic E-state index is -0.543. The van der Waals surface area contributed by atoms with Gasteiger partial charge in [-0.05, 0) is 48.4 Å². The van der Waals surface area contributed by atoms with Gasteiger partial charge in [0.1, 0.15) is 5.82 Å². The Morgan fingerprint density at radius 2 is 2.10 bits per heavy atom. The third kappa shape index (κ3) is 3.47. The SMILES string of the molecule is C=CC(=O)Nc1cccc(-n2cc(-c3cc4c(cc3F)C(=O)NCC4)c(N)n2)c1. The monoisotopic (exact) mass is 391 g/mol. The minimum Gasteiger partial charge on any atom is -0.382 e. The maximum atomic E-state index is 14.7. The Hall–Kier alpha value is -3.94. The highest BCUT2D eigenvalue weighted by Crippen LogP contribution is 2.32. The minimum absolute atomic E-state index is 0.157. The quantitative estimate of drug-likeness (QED) is 0.595. The molecule has 0 aliphatic carbocycles. The van der Waals surface area contributed by atoms with Gasteiger partial charge in [-0.25, -0.2) is 9.07 Å². The zero-order chi connectivity index (χ0) is 20.5. The maximum absolute atomic E-state index is 14.7. The molecule has 4 rings (SSSR count). The fourth-order valence-electron chi connectivity index (χ4n) is 3.30. The second kappa shape index (κ2) is 7.23. The number of halogens is 1. The van der Waals surface area contributed by atoms with E-state index in [1.165, 1.54) is 16.8 Å². The van der Waals surface area contributed by atoms with Crippen LogP contribution in [0.15, 0.2) is 55.3 Å². The zero-order valence-corrected chi connectivity index (χ0v) is 15.4. The summed E-state index contributed by atoms with van der Waals surface area (Å²) in [6, 6.07) is 9.87. The van der Waals surface area contributed by atoms with E-state index in [9.17, 15) is 14.0 Å². The predicted octanol–water partition coefficient (Wildman–Crippen LogP) is 2.67. The number of hydrogen-bond donors (Lipinski definition) is 3. The summed E-state index contributed by atoms with van der Waals surface area (Å²) in [4.78, 5) is 23.4. The molecule has 146 valence electrons. The van der Waals surface area contributed by atoms with Crippen LogP contribution < -0.4 is 16.4 Å². The molecule has 0 radical (unpaired) electrons. The van der Waals surface area contributed by atoms with Crippen molar-refractivity contribution in [3.63, 3.8) is 0 Å². The molecule has 0 spiro atoms. The Morgan fingerprint density at radius 3 is 2.90 bits per heavy atom. The van der Waals surface area contributed by atoms with Gasteiger partial charge < -0.3 is 16.4 Å². The van der Waals surface area contributed by atoms with Crippen LogP contribution in [0.3, 0.4) is 0 Å². The van der Waals surface area contributed by atoms with Crippen molar-refractivity contribution in [1.82, 2.24) is 15.1 Å². The van der Waals surface area contributed by atoms with E-state index in [2.05, 4.69) is 22.3 Å². The summed E-state index contributed by atoms with van der Waals surface area (Å²) in [7, 11) is 0. The van der Waals surface area contributed by atoms with Gasteiger partial charge in [-0.1, -0.05) is 12.6 Å². The summed E-state index contributed by atoms with van der Waals surface area (Å²) in [5.41, 5.74) is 9.10. The lowest BCUT2D eigenvalue weighted by Gasteiger charge is -2.17. The molecule has 7 nitrogen and oxygen atoms in total. The number of anilines is 2.